The van der Waals surface area contributed by atoms with Crippen molar-refractivity contribution in [2.75, 3.05) is 18.2 Å². The Balaban J connectivity index is 2.16. The Kier molecular flexibility index (Phi) is 5.51. The Hall–Kier alpha value is -4.34. The van der Waals surface area contributed by atoms with Crippen molar-refractivity contribution in [1.29, 1.82) is 10.5 Å². The molecule has 0 aromatic heterocycles. The zero-order valence-electron chi connectivity index (χ0n) is 14.2. The number of rotatable bonds is 5. The van der Waals surface area contributed by atoms with Gasteiger partial charge in [-0.25, -0.2) is 4.98 Å². The third-order valence-electron chi connectivity index (χ3n) is 3.75. The van der Waals surface area contributed by atoms with Crippen LogP contribution in [0.3, 0.4) is 0 Å². The largest absolute Gasteiger partial charge is 0.459 e. The predicted molar refractivity (Wildman–Crippen MR) is 103 cm³/mol. The zero-order valence-corrected chi connectivity index (χ0v) is 15.0. The normalized spacial score (nSPS) is 10.9. The molecule has 3 rings (SSSR count). The van der Waals surface area contributed by atoms with Crippen LogP contribution in [0.15, 0.2) is 46.6 Å². The van der Waals surface area contributed by atoms with E-state index in [1.807, 2.05) is 12.4 Å². The molecular formula is C16H10N11S+. The fourth-order valence-corrected chi connectivity index (χ4v) is 3.50. The summed E-state index contributed by atoms with van der Waals surface area (Å²) in [5, 5.41) is 25.9. The van der Waals surface area contributed by atoms with E-state index >= 15 is 0 Å². The third-order valence-corrected chi connectivity index (χ3v) is 4.84. The van der Waals surface area contributed by atoms with Crippen molar-refractivity contribution in [3.8, 4) is 23.0 Å². The second kappa shape index (κ2) is 8.36. The molecule has 0 saturated heterocycles. The molecule has 0 atom stereocenters. The molecule has 0 amide bonds. The molecule has 28 heavy (non-hydrogen) atoms. The monoisotopic (exact) mass is 388 g/mol. The van der Waals surface area contributed by atoms with Gasteiger partial charge in [0, 0.05) is 15.9 Å². The van der Waals surface area contributed by atoms with Crippen LogP contribution in [-0.2, 0) is 0 Å². The first kappa shape index (κ1) is 18.5. The minimum atomic E-state index is -0.106. The van der Waals surface area contributed by atoms with Crippen molar-refractivity contribution in [3.05, 3.63) is 62.6 Å². The fraction of sp³-hybridized carbons (Fsp3) is 0.125. The van der Waals surface area contributed by atoms with Crippen LogP contribution >= 0.6 is 11.3 Å². The average molecular weight is 388 g/mol. The maximum Gasteiger partial charge on any atom is 0.459 e. The van der Waals surface area contributed by atoms with E-state index in [1.165, 1.54) is 20.8 Å². The van der Waals surface area contributed by atoms with Crippen LogP contribution in [0.2, 0.25) is 0 Å². The molecule has 0 spiro atoms. The number of nitriles is 2. The van der Waals surface area contributed by atoms with Gasteiger partial charge in [0.05, 0.1) is 26.5 Å². The maximum absolute atomic E-state index is 9.26. The number of benzene rings is 2. The molecule has 0 bridgehead atoms. The molecule has 1 aliphatic carbocycles. The standard InChI is InChI=1S/C16H10N11S/c17-7-26(9-21-24-19)11-1-3-13-15(5-11)28-16-6-12(2-4-14(16)23-13)27(8-18)10-22-25-20/h1-6H,9-10H2/q+1. The lowest BCUT2D eigenvalue weighted by Gasteiger charge is -2.13. The first-order valence-corrected chi connectivity index (χ1v) is 8.55. The van der Waals surface area contributed by atoms with E-state index in [1.54, 1.807) is 36.4 Å². The highest BCUT2D eigenvalue weighted by Crippen LogP contribution is 2.31. The molecule has 1 aromatic rings. The van der Waals surface area contributed by atoms with Crippen LogP contribution in [0.25, 0.3) is 41.7 Å². The molecule has 0 N–H and O–H groups in total. The van der Waals surface area contributed by atoms with Crippen LogP contribution in [0.5, 0.6) is 0 Å². The van der Waals surface area contributed by atoms with E-state index in [9.17, 15) is 10.5 Å². The summed E-state index contributed by atoms with van der Waals surface area (Å²) >= 11 is 1.44. The number of hydrogen-bond acceptors (Lipinski definition) is 7. The second-order valence-corrected chi connectivity index (χ2v) is 6.40. The zero-order chi connectivity index (χ0) is 19.9. The van der Waals surface area contributed by atoms with Gasteiger partial charge in [-0.05, 0) is 46.5 Å². The first-order chi connectivity index (χ1) is 13.7. The summed E-state index contributed by atoms with van der Waals surface area (Å²) in [6.07, 6.45) is 3.95. The molecule has 1 aromatic carbocycles. The van der Waals surface area contributed by atoms with E-state index in [0.717, 1.165) is 20.8 Å². The fourth-order valence-electron chi connectivity index (χ4n) is 2.46. The van der Waals surface area contributed by atoms with Crippen molar-refractivity contribution >= 4 is 27.2 Å². The summed E-state index contributed by atoms with van der Waals surface area (Å²) in [5.41, 5.74) is 19.0. The molecule has 2 aliphatic rings. The summed E-state index contributed by atoms with van der Waals surface area (Å²) in [5.74, 6) is 0. The molecule has 0 fully saturated rings. The lowest BCUT2D eigenvalue weighted by molar-refractivity contribution is 0.748. The molecule has 12 heteroatoms. The topological polar surface area (TPSA) is 164 Å². The van der Waals surface area contributed by atoms with E-state index < -0.39 is 0 Å². The smallest absolute Gasteiger partial charge is 0.274 e. The molecular weight excluding hydrogens is 378 g/mol. The van der Waals surface area contributed by atoms with Gasteiger partial charge >= 0.3 is 6.19 Å². The maximum atomic E-state index is 9.26. The summed E-state index contributed by atoms with van der Waals surface area (Å²) in [6, 6.07) is 10.6. The summed E-state index contributed by atoms with van der Waals surface area (Å²) in [7, 11) is 0. The van der Waals surface area contributed by atoms with Gasteiger partial charge in [0.25, 0.3) is 0 Å². The Morgan fingerprint density at radius 1 is 1.14 bits per heavy atom. The van der Waals surface area contributed by atoms with Gasteiger partial charge in [0.1, 0.15) is 12.0 Å². The highest BCUT2D eigenvalue weighted by Gasteiger charge is 2.12. The Bertz CT molecular complexity index is 1270. The number of anilines is 1. The van der Waals surface area contributed by atoms with Crippen molar-refractivity contribution in [2.45, 2.75) is 0 Å². The van der Waals surface area contributed by atoms with Gasteiger partial charge < -0.3 is 0 Å². The minimum Gasteiger partial charge on any atom is -0.274 e. The Morgan fingerprint density at radius 3 is 2.68 bits per heavy atom. The van der Waals surface area contributed by atoms with Crippen LogP contribution in [-0.4, -0.2) is 18.3 Å². The van der Waals surface area contributed by atoms with Gasteiger partial charge in [0.2, 0.25) is 0 Å². The van der Waals surface area contributed by atoms with Crippen LogP contribution in [0.4, 0.5) is 5.69 Å². The van der Waals surface area contributed by atoms with Crippen molar-refractivity contribution < 1.29 is 0 Å². The molecule has 0 unspecified atom stereocenters. The van der Waals surface area contributed by atoms with Crippen LogP contribution < -0.4 is 14.8 Å². The van der Waals surface area contributed by atoms with Crippen LogP contribution in [0.1, 0.15) is 0 Å². The lowest BCUT2D eigenvalue weighted by atomic mass is 10.2. The van der Waals surface area contributed by atoms with Crippen LogP contribution in [0, 0.1) is 22.9 Å². The van der Waals surface area contributed by atoms with E-state index in [4.69, 9.17) is 11.1 Å². The summed E-state index contributed by atoms with van der Waals surface area (Å²) in [4.78, 5) is 12.0. The number of azide groups is 2. The van der Waals surface area contributed by atoms with Gasteiger partial charge in [-0.2, -0.15) is 9.84 Å². The average Bonchev–Trinajstić information content (AvgIpc) is 2.73. The van der Waals surface area contributed by atoms with Gasteiger partial charge in [-0.15, -0.1) is 11.3 Å². The second-order valence-electron chi connectivity index (χ2n) is 5.32. The van der Waals surface area contributed by atoms with Gasteiger partial charge in [0.15, 0.2) is 18.1 Å². The van der Waals surface area contributed by atoms with E-state index in [0.29, 0.717) is 11.0 Å². The molecule has 1 aliphatic heterocycles. The van der Waals surface area contributed by atoms with Crippen molar-refractivity contribution in [1.82, 2.24) is 9.56 Å². The molecule has 134 valence electrons. The molecule has 0 radical (unpaired) electrons. The summed E-state index contributed by atoms with van der Waals surface area (Å²) < 4.78 is 2.09. The van der Waals surface area contributed by atoms with E-state index in [-0.39, 0.29) is 13.3 Å². The SMILES string of the molecule is N#CN(CN=[N+]=[N-])c1ccc2nc3cc/c(=[N+](\C#N)CN=[N+]=[N-])cc-3sc2c1. The van der Waals surface area contributed by atoms with Crippen molar-refractivity contribution in [3.63, 3.8) is 0 Å². The van der Waals surface area contributed by atoms with Gasteiger partial charge in [-0.1, -0.05) is 5.11 Å². The number of nitrogens with zero attached hydrogens (tertiary/aromatic N) is 11. The highest BCUT2D eigenvalue weighted by molar-refractivity contribution is 7.21. The number of fused-ring (bicyclic) bond motifs is 2. The van der Waals surface area contributed by atoms with E-state index in [2.05, 4.69) is 25.0 Å². The lowest BCUT2D eigenvalue weighted by Crippen LogP contribution is -2.25. The molecule has 0 saturated carbocycles. The van der Waals surface area contributed by atoms with Gasteiger partial charge in [-0.3, -0.25) is 4.90 Å². The predicted octanol–water partition coefficient (Wildman–Crippen LogP) is 3.48. The number of aromatic nitrogens is 1. The first-order valence-electron chi connectivity index (χ1n) is 7.74. The Labute approximate surface area is 161 Å². The van der Waals surface area contributed by atoms with Crippen molar-refractivity contribution in [2.24, 2.45) is 10.2 Å². The summed E-state index contributed by atoms with van der Waals surface area (Å²) in [6.45, 7) is -0.213. The quantitative estimate of drug-likeness (QED) is 0.124. The molecule has 11 nitrogen and oxygen atoms in total. The minimum absolute atomic E-state index is 0.106. The molecule has 1 heterocycles. The Morgan fingerprint density at radius 2 is 1.96 bits per heavy atom. The third kappa shape index (κ3) is 3.75. The highest BCUT2D eigenvalue weighted by atomic mass is 32.1. The number of hydrogen-bond donors (Lipinski definition) is 0.